The second kappa shape index (κ2) is 12.2. The number of piperidine rings is 1. The molecule has 2 aliphatic rings. The Bertz CT molecular complexity index is 1190. The van der Waals surface area contributed by atoms with Crippen LogP contribution in [0, 0.1) is 0 Å². The Morgan fingerprint density at radius 1 is 1.03 bits per heavy atom. The molecule has 9 heteroatoms. The monoisotopic (exact) mass is 524 g/mol. The Hall–Kier alpha value is -3.72. The zero-order valence-corrected chi connectivity index (χ0v) is 22.7. The van der Waals surface area contributed by atoms with Gasteiger partial charge in [-0.2, -0.15) is 0 Å². The molecule has 0 spiro atoms. The maximum Gasteiger partial charge on any atom is 0.251 e. The summed E-state index contributed by atoms with van der Waals surface area (Å²) in [5.41, 5.74) is 1.82. The molecule has 2 aliphatic heterocycles. The van der Waals surface area contributed by atoms with Gasteiger partial charge >= 0.3 is 0 Å². The molecule has 1 amide bonds. The number of nitrogens with zero attached hydrogens (tertiary/aromatic N) is 1. The second-order valence-electron chi connectivity index (χ2n) is 9.60. The van der Waals surface area contributed by atoms with E-state index in [1.165, 1.54) is 21.3 Å². The standard InChI is InChI=1S/C29H36N2O7/c1-18(2)27-26(32)25-21(8-6-9-22(25)38-27)37-15-7-12-31-13-10-20(11-14-31)30-29(33)19-16-23(34-3)28(36-5)24(17-19)35-4/h6,8-9,16-17,20H,7,10-15H2,1-5H3,(H,30,33). The van der Waals surface area contributed by atoms with Crippen molar-refractivity contribution in [2.75, 3.05) is 47.6 Å². The van der Waals surface area contributed by atoms with Crippen LogP contribution in [-0.4, -0.2) is 70.2 Å². The fourth-order valence-corrected chi connectivity index (χ4v) is 4.79. The van der Waals surface area contributed by atoms with Crippen molar-refractivity contribution in [1.29, 1.82) is 0 Å². The molecule has 0 atom stereocenters. The van der Waals surface area contributed by atoms with Gasteiger partial charge in [0.1, 0.15) is 17.1 Å². The number of carbonyl (C=O) groups is 2. The van der Waals surface area contributed by atoms with E-state index in [1.807, 2.05) is 26.0 Å². The smallest absolute Gasteiger partial charge is 0.251 e. The molecule has 0 aliphatic carbocycles. The maximum absolute atomic E-state index is 12.9. The summed E-state index contributed by atoms with van der Waals surface area (Å²) in [4.78, 5) is 28.0. The lowest BCUT2D eigenvalue weighted by molar-refractivity contribution is 0.0908. The van der Waals surface area contributed by atoms with Crippen LogP contribution >= 0.6 is 0 Å². The van der Waals surface area contributed by atoms with E-state index in [0.717, 1.165) is 44.5 Å². The van der Waals surface area contributed by atoms with E-state index >= 15 is 0 Å². The third kappa shape index (κ3) is 5.88. The summed E-state index contributed by atoms with van der Waals surface area (Å²) in [5.74, 6) is 2.57. The predicted octanol–water partition coefficient (Wildman–Crippen LogP) is 4.24. The van der Waals surface area contributed by atoms with Gasteiger partial charge in [0.25, 0.3) is 5.91 Å². The van der Waals surface area contributed by atoms with Gasteiger partial charge in [-0.3, -0.25) is 9.59 Å². The van der Waals surface area contributed by atoms with Crippen molar-refractivity contribution in [2.24, 2.45) is 0 Å². The van der Waals surface area contributed by atoms with E-state index in [9.17, 15) is 9.59 Å². The minimum absolute atomic E-state index is 0.0938. The van der Waals surface area contributed by atoms with Crippen molar-refractivity contribution in [1.82, 2.24) is 10.2 Å². The fraction of sp³-hybridized carbons (Fsp3) is 0.448. The van der Waals surface area contributed by atoms with Crippen LogP contribution < -0.4 is 29.0 Å². The van der Waals surface area contributed by atoms with Gasteiger partial charge < -0.3 is 33.9 Å². The number of hydrogen-bond donors (Lipinski definition) is 1. The van der Waals surface area contributed by atoms with Crippen molar-refractivity contribution < 1.29 is 33.3 Å². The van der Waals surface area contributed by atoms with E-state index in [-0.39, 0.29) is 17.7 Å². The van der Waals surface area contributed by atoms with Gasteiger partial charge in [0.05, 0.1) is 27.9 Å². The molecule has 204 valence electrons. The third-order valence-corrected chi connectivity index (χ3v) is 6.81. The molecule has 0 aromatic heterocycles. The number of benzene rings is 2. The Labute approximate surface area is 223 Å². The highest BCUT2D eigenvalue weighted by atomic mass is 16.5. The topological polar surface area (TPSA) is 95.6 Å². The molecule has 2 heterocycles. The number of methoxy groups -OCH3 is 3. The van der Waals surface area contributed by atoms with Crippen LogP contribution in [0.2, 0.25) is 0 Å². The molecule has 1 fully saturated rings. The average molecular weight is 525 g/mol. The summed E-state index contributed by atoms with van der Waals surface area (Å²) in [6.07, 6.45) is 2.55. The second-order valence-corrected chi connectivity index (χ2v) is 9.60. The van der Waals surface area contributed by atoms with E-state index in [2.05, 4.69) is 10.2 Å². The molecule has 0 radical (unpaired) electrons. The summed E-state index contributed by atoms with van der Waals surface area (Å²) < 4.78 is 27.8. The lowest BCUT2D eigenvalue weighted by Gasteiger charge is -2.32. The van der Waals surface area contributed by atoms with E-state index in [0.29, 0.717) is 52.2 Å². The van der Waals surface area contributed by atoms with Gasteiger partial charge in [-0.15, -0.1) is 0 Å². The number of ketones is 1. The van der Waals surface area contributed by atoms with Gasteiger partial charge in [0, 0.05) is 31.2 Å². The molecule has 38 heavy (non-hydrogen) atoms. The Morgan fingerprint density at radius 2 is 1.71 bits per heavy atom. The molecule has 9 nitrogen and oxygen atoms in total. The minimum Gasteiger partial charge on any atom is -0.493 e. The number of nitrogens with one attached hydrogen (secondary N) is 1. The number of Topliss-reactive ketones (excluding diaryl/α,β-unsaturated/α-hetero) is 1. The zero-order chi connectivity index (χ0) is 27.2. The molecule has 2 aromatic carbocycles. The van der Waals surface area contributed by atoms with Crippen molar-refractivity contribution in [3.05, 3.63) is 52.8 Å². The van der Waals surface area contributed by atoms with Gasteiger partial charge in [-0.25, -0.2) is 0 Å². The number of ether oxygens (including phenoxy) is 5. The van der Waals surface area contributed by atoms with Crippen LogP contribution in [0.1, 0.15) is 53.8 Å². The lowest BCUT2D eigenvalue weighted by Crippen LogP contribution is -2.45. The van der Waals surface area contributed by atoms with Gasteiger partial charge in [-0.1, -0.05) is 6.07 Å². The molecule has 4 rings (SSSR count). The summed E-state index contributed by atoms with van der Waals surface area (Å²) >= 11 is 0. The summed E-state index contributed by atoms with van der Waals surface area (Å²) in [6.45, 7) is 6.88. The Balaban J connectivity index is 1.23. The quantitative estimate of drug-likeness (QED) is 0.364. The molecule has 1 saturated heterocycles. The minimum atomic E-state index is -0.165. The van der Waals surface area contributed by atoms with Crippen LogP contribution in [0.5, 0.6) is 28.7 Å². The number of likely N-dealkylation sites (tertiary alicyclic amines) is 1. The average Bonchev–Trinajstić information content (AvgIpc) is 3.28. The number of rotatable bonds is 10. The van der Waals surface area contributed by atoms with E-state index in [4.69, 9.17) is 23.7 Å². The van der Waals surface area contributed by atoms with Crippen LogP contribution in [0.15, 0.2) is 41.7 Å². The summed E-state index contributed by atoms with van der Waals surface area (Å²) in [7, 11) is 4.59. The first kappa shape index (κ1) is 27.3. The molecule has 0 bridgehead atoms. The molecular formula is C29H36N2O7. The molecule has 0 saturated carbocycles. The normalized spacial score (nSPS) is 15.5. The van der Waals surface area contributed by atoms with Gasteiger partial charge in [0.15, 0.2) is 17.3 Å². The van der Waals surface area contributed by atoms with Crippen LogP contribution in [-0.2, 0) is 0 Å². The zero-order valence-electron chi connectivity index (χ0n) is 22.7. The van der Waals surface area contributed by atoms with Crippen molar-refractivity contribution in [3.63, 3.8) is 0 Å². The predicted molar refractivity (Wildman–Crippen MR) is 143 cm³/mol. The molecule has 0 unspecified atom stereocenters. The van der Waals surface area contributed by atoms with Crippen LogP contribution in [0.25, 0.3) is 0 Å². The first-order valence-electron chi connectivity index (χ1n) is 12.8. The van der Waals surface area contributed by atoms with E-state index < -0.39 is 0 Å². The molecule has 2 aromatic rings. The van der Waals surface area contributed by atoms with Crippen molar-refractivity contribution >= 4 is 11.7 Å². The number of amides is 1. The van der Waals surface area contributed by atoms with E-state index in [1.54, 1.807) is 18.2 Å². The Morgan fingerprint density at radius 3 is 2.32 bits per heavy atom. The number of carbonyl (C=O) groups excluding carboxylic acids is 2. The highest BCUT2D eigenvalue weighted by Crippen LogP contribution is 2.39. The van der Waals surface area contributed by atoms with Crippen LogP contribution in [0.3, 0.4) is 0 Å². The largest absolute Gasteiger partial charge is 0.493 e. The molecule has 1 N–H and O–H groups in total. The lowest BCUT2D eigenvalue weighted by atomic mass is 10.0. The first-order valence-corrected chi connectivity index (χ1v) is 12.8. The fourth-order valence-electron chi connectivity index (χ4n) is 4.79. The number of hydrogen-bond acceptors (Lipinski definition) is 8. The summed E-state index contributed by atoms with van der Waals surface area (Å²) in [6, 6.07) is 8.86. The molecular weight excluding hydrogens is 488 g/mol. The SMILES string of the molecule is COc1cc(C(=O)NC2CCN(CCCOc3cccc4c3C(=O)C(=C(C)C)O4)CC2)cc(OC)c1OC. The van der Waals surface area contributed by atoms with Crippen LogP contribution in [0.4, 0.5) is 0 Å². The highest BCUT2D eigenvalue weighted by Gasteiger charge is 2.31. The van der Waals surface area contributed by atoms with Crippen molar-refractivity contribution in [2.45, 2.75) is 39.2 Å². The van der Waals surface area contributed by atoms with Gasteiger partial charge in [0.2, 0.25) is 11.5 Å². The summed E-state index contributed by atoms with van der Waals surface area (Å²) in [5, 5.41) is 3.13. The highest BCUT2D eigenvalue weighted by molar-refractivity contribution is 6.14. The maximum atomic E-state index is 12.9. The third-order valence-electron chi connectivity index (χ3n) is 6.81. The first-order chi connectivity index (χ1) is 18.4. The number of allylic oxidation sites excluding steroid dienone is 2. The number of fused-ring (bicyclic) bond motifs is 1. The Kier molecular flexibility index (Phi) is 8.78. The van der Waals surface area contributed by atoms with Crippen molar-refractivity contribution in [3.8, 4) is 28.7 Å². The van der Waals surface area contributed by atoms with Gasteiger partial charge in [-0.05, 0) is 62.9 Å².